The second kappa shape index (κ2) is 3.46. The second-order valence-corrected chi connectivity index (χ2v) is 4.02. The van der Waals surface area contributed by atoms with Gasteiger partial charge in [0.05, 0.1) is 0 Å². The molecule has 0 bridgehead atoms. The molecule has 0 aliphatic carbocycles. The molecule has 14 heavy (non-hydrogen) atoms. The van der Waals surface area contributed by atoms with Crippen molar-refractivity contribution in [2.45, 2.75) is 26.3 Å². The first-order valence-electron chi connectivity index (χ1n) is 4.99. The lowest BCUT2D eigenvalue weighted by atomic mass is 10.1. The molecule has 2 heteroatoms. The molecule has 0 aliphatic rings. The molecule has 0 radical (unpaired) electrons. The van der Waals surface area contributed by atoms with Gasteiger partial charge in [0, 0.05) is 17.3 Å². The first-order valence-corrected chi connectivity index (χ1v) is 4.99. The monoisotopic (exact) mass is 188 g/mol. The molecule has 0 amide bonds. The highest BCUT2D eigenvalue weighted by molar-refractivity contribution is 5.83. The topological polar surface area (TPSA) is 41.8 Å². The van der Waals surface area contributed by atoms with Gasteiger partial charge in [-0.2, -0.15) is 0 Å². The maximum absolute atomic E-state index is 5.81. The van der Waals surface area contributed by atoms with E-state index in [0.29, 0.717) is 0 Å². The molecule has 0 fully saturated rings. The molecule has 3 N–H and O–H groups in total. The van der Waals surface area contributed by atoms with Crippen LogP contribution in [0.5, 0.6) is 0 Å². The minimum absolute atomic E-state index is 0.212. The van der Waals surface area contributed by atoms with Gasteiger partial charge in [-0.15, -0.1) is 0 Å². The van der Waals surface area contributed by atoms with Crippen LogP contribution in [0.2, 0.25) is 0 Å². The number of nitrogens with two attached hydrogens (primary N) is 1. The maximum Gasteiger partial charge on any atom is 0.0489 e. The normalized spacial score (nSPS) is 13.4. The fraction of sp³-hybridized carbons (Fsp3) is 0.333. The molecular weight excluding hydrogens is 172 g/mol. The first kappa shape index (κ1) is 9.28. The maximum atomic E-state index is 5.81. The van der Waals surface area contributed by atoms with Crippen molar-refractivity contribution in [1.29, 1.82) is 0 Å². The van der Waals surface area contributed by atoms with Crippen molar-refractivity contribution in [1.82, 2.24) is 4.98 Å². The van der Waals surface area contributed by atoms with Crippen LogP contribution >= 0.6 is 0 Å². The zero-order chi connectivity index (χ0) is 10.1. The number of para-hydroxylation sites is 1. The summed E-state index contributed by atoms with van der Waals surface area (Å²) in [6.07, 6.45) is 0.928. The van der Waals surface area contributed by atoms with Gasteiger partial charge in [-0.25, -0.2) is 0 Å². The Morgan fingerprint density at radius 3 is 2.93 bits per heavy atom. The molecule has 1 heterocycles. The minimum Gasteiger partial charge on any atom is -0.358 e. The van der Waals surface area contributed by atoms with Gasteiger partial charge < -0.3 is 10.7 Å². The minimum atomic E-state index is 0.212. The molecule has 0 saturated carbocycles. The van der Waals surface area contributed by atoms with E-state index in [-0.39, 0.29) is 6.04 Å². The van der Waals surface area contributed by atoms with Crippen molar-refractivity contribution in [2.24, 2.45) is 5.73 Å². The number of fused-ring (bicyclic) bond motifs is 1. The number of aromatic nitrogens is 1. The van der Waals surface area contributed by atoms with Crippen LogP contribution in [-0.2, 0) is 6.42 Å². The van der Waals surface area contributed by atoms with Crippen LogP contribution < -0.4 is 5.73 Å². The Morgan fingerprint density at radius 2 is 2.21 bits per heavy atom. The van der Waals surface area contributed by atoms with Crippen LogP contribution in [0.1, 0.15) is 18.2 Å². The van der Waals surface area contributed by atoms with E-state index in [1.54, 1.807) is 0 Å². The Morgan fingerprint density at radius 1 is 1.43 bits per heavy atom. The second-order valence-electron chi connectivity index (χ2n) is 4.02. The Labute approximate surface area is 84.1 Å². The fourth-order valence-electron chi connectivity index (χ4n) is 1.88. The average molecular weight is 188 g/mol. The molecule has 0 saturated heterocycles. The van der Waals surface area contributed by atoms with E-state index in [4.69, 9.17) is 5.73 Å². The first-order chi connectivity index (χ1) is 6.66. The Bertz CT molecular complexity index is 441. The van der Waals surface area contributed by atoms with Gasteiger partial charge in [-0.05, 0) is 37.3 Å². The molecule has 2 rings (SSSR count). The van der Waals surface area contributed by atoms with Crippen LogP contribution in [0.3, 0.4) is 0 Å². The highest BCUT2D eigenvalue weighted by Gasteiger charge is 2.04. The van der Waals surface area contributed by atoms with E-state index in [0.717, 1.165) is 6.42 Å². The molecule has 1 aromatic heterocycles. The van der Waals surface area contributed by atoms with Crippen molar-refractivity contribution in [3.63, 3.8) is 0 Å². The number of H-pyrrole nitrogens is 1. The summed E-state index contributed by atoms with van der Waals surface area (Å²) in [7, 11) is 0. The molecule has 1 atom stereocenters. The quantitative estimate of drug-likeness (QED) is 0.746. The van der Waals surface area contributed by atoms with E-state index in [2.05, 4.69) is 36.2 Å². The number of aryl methyl sites for hydroxylation is 1. The van der Waals surface area contributed by atoms with Crippen molar-refractivity contribution in [3.05, 3.63) is 35.5 Å². The molecule has 2 nitrogen and oxygen atoms in total. The molecule has 2 aromatic rings. The number of hydrogen-bond acceptors (Lipinski definition) is 1. The van der Waals surface area contributed by atoms with E-state index in [1.165, 1.54) is 22.2 Å². The van der Waals surface area contributed by atoms with Gasteiger partial charge in [0.1, 0.15) is 0 Å². The fourth-order valence-corrected chi connectivity index (χ4v) is 1.88. The summed E-state index contributed by atoms with van der Waals surface area (Å²) >= 11 is 0. The lowest BCUT2D eigenvalue weighted by Crippen LogP contribution is -2.17. The zero-order valence-electron chi connectivity index (χ0n) is 8.67. The largest absolute Gasteiger partial charge is 0.358 e. The zero-order valence-corrected chi connectivity index (χ0v) is 8.67. The van der Waals surface area contributed by atoms with Gasteiger partial charge >= 0.3 is 0 Å². The molecule has 1 unspecified atom stereocenters. The molecule has 0 spiro atoms. The summed E-state index contributed by atoms with van der Waals surface area (Å²) in [6, 6.07) is 8.74. The van der Waals surface area contributed by atoms with E-state index in [1.807, 2.05) is 6.92 Å². The Balaban J connectivity index is 2.53. The number of benzene rings is 1. The summed E-state index contributed by atoms with van der Waals surface area (Å²) in [5, 5.41) is 1.28. The molecule has 0 aliphatic heterocycles. The number of nitrogens with one attached hydrogen (secondary N) is 1. The van der Waals surface area contributed by atoms with E-state index in [9.17, 15) is 0 Å². The summed E-state index contributed by atoms with van der Waals surface area (Å²) in [5.74, 6) is 0. The molecule has 1 aromatic carbocycles. The predicted octanol–water partition coefficient (Wildman–Crippen LogP) is 2.37. The van der Waals surface area contributed by atoms with Crippen LogP contribution in [0, 0.1) is 6.92 Å². The number of rotatable bonds is 2. The Kier molecular flexibility index (Phi) is 2.30. The summed E-state index contributed by atoms with van der Waals surface area (Å²) < 4.78 is 0. The van der Waals surface area contributed by atoms with Gasteiger partial charge in [-0.1, -0.05) is 18.2 Å². The standard InChI is InChI=1S/C12H16N2/c1-8(13)6-10-4-3-5-11-7-9(2)14-12(10)11/h3-5,7-8,14H,6,13H2,1-2H3. The summed E-state index contributed by atoms with van der Waals surface area (Å²) in [5.41, 5.74) is 9.56. The predicted molar refractivity (Wildman–Crippen MR) is 60.4 cm³/mol. The van der Waals surface area contributed by atoms with E-state index < -0.39 is 0 Å². The summed E-state index contributed by atoms with van der Waals surface area (Å²) in [6.45, 7) is 4.12. The average Bonchev–Trinajstić information content (AvgIpc) is 2.45. The van der Waals surface area contributed by atoms with Crippen LogP contribution in [0.25, 0.3) is 10.9 Å². The Hall–Kier alpha value is -1.28. The van der Waals surface area contributed by atoms with Crippen molar-refractivity contribution >= 4 is 10.9 Å². The van der Waals surface area contributed by atoms with Crippen molar-refractivity contribution in [3.8, 4) is 0 Å². The van der Waals surface area contributed by atoms with Gasteiger partial charge in [-0.3, -0.25) is 0 Å². The van der Waals surface area contributed by atoms with Crippen molar-refractivity contribution < 1.29 is 0 Å². The highest BCUT2D eigenvalue weighted by Crippen LogP contribution is 2.19. The van der Waals surface area contributed by atoms with Gasteiger partial charge in [0.15, 0.2) is 0 Å². The van der Waals surface area contributed by atoms with E-state index >= 15 is 0 Å². The van der Waals surface area contributed by atoms with Crippen molar-refractivity contribution in [2.75, 3.05) is 0 Å². The van der Waals surface area contributed by atoms with Crippen LogP contribution in [0.4, 0.5) is 0 Å². The molecular formula is C12H16N2. The number of hydrogen-bond donors (Lipinski definition) is 2. The van der Waals surface area contributed by atoms with Crippen LogP contribution in [0.15, 0.2) is 24.3 Å². The third kappa shape index (κ3) is 1.66. The summed E-state index contributed by atoms with van der Waals surface area (Å²) in [4.78, 5) is 3.38. The lowest BCUT2D eigenvalue weighted by molar-refractivity contribution is 0.741. The smallest absolute Gasteiger partial charge is 0.0489 e. The third-order valence-electron chi connectivity index (χ3n) is 2.42. The highest BCUT2D eigenvalue weighted by atomic mass is 14.7. The SMILES string of the molecule is Cc1cc2cccc(CC(C)N)c2[nH]1. The third-order valence-corrected chi connectivity index (χ3v) is 2.42. The van der Waals surface area contributed by atoms with Gasteiger partial charge in [0.2, 0.25) is 0 Å². The van der Waals surface area contributed by atoms with Gasteiger partial charge in [0.25, 0.3) is 0 Å². The lowest BCUT2D eigenvalue weighted by Gasteiger charge is -2.06. The molecule has 74 valence electrons. The van der Waals surface area contributed by atoms with Crippen LogP contribution in [-0.4, -0.2) is 11.0 Å². The number of aromatic amines is 1.